The van der Waals surface area contributed by atoms with Crippen molar-refractivity contribution in [2.75, 3.05) is 5.32 Å². The highest BCUT2D eigenvalue weighted by Gasteiger charge is 2.42. The van der Waals surface area contributed by atoms with Gasteiger partial charge in [0.25, 0.3) is 0 Å². The maximum atomic E-state index is 13.0. The Labute approximate surface area is 156 Å². The zero-order valence-electron chi connectivity index (χ0n) is 12.0. The fraction of sp³-hybridized carbons (Fsp3) is 0.0833. The Kier molecular flexibility index (Phi) is 5.44. The van der Waals surface area contributed by atoms with Crippen molar-refractivity contribution in [1.29, 1.82) is 0 Å². The van der Waals surface area contributed by atoms with Crippen LogP contribution in [-0.2, 0) is 6.18 Å². The maximum absolute atomic E-state index is 13.0. The normalized spacial score (nSPS) is 11.3. The molecule has 1 heterocycles. The van der Waals surface area contributed by atoms with E-state index in [1.165, 1.54) is 6.07 Å². The lowest BCUT2D eigenvalue weighted by atomic mass is 10.1. The van der Waals surface area contributed by atoms with Crippen LogP contribution in [0.4, 0.5) is 36.1 Å². The molecule has 0 radical (unpaired) electrons. The number of nitrogens with zero attached hydrogens (tertiary/aromatic N) is 3. The summed E-state index contributed by atoms with van der Waals surface area (Å²) in [5.41, 5.74) is -5.21. The van der Waals surface area contributed by atoms with Crippen molar-refractivity contribution in [3.63, 3.8) is 0 Å². The zero-order valence-corrected chi connectivity index (χ0v) is 14.2. The maximum Gasteiger partial charge on any atom is 0.418 e. The van der Waals surface area contributed by atoms with Crippen LogP contribution in [0.25, 0.3) is 0 Å². The van der Waals surface area contributed by atoms with Gasteiger partial charge >= 0.3 is 17.6 Å². The lowest BCUT2D eigenvalue weighted by Gasteiger charge is -2.13. The molecule has 1 N–H and O–H groups in total. The van der Waals surface area contributed by atoms with Gasteiger partial charge in [-0.05, 0) is 6.07 Å². The second-order valence-corrected chi connectivity index (χ2v) is 5.82. The number of nitro groups is 2. The summed E-state index contributed by atoms with van der Waals surface area (Å²) >= 11 is 17.0. The van der Waals surface area contributed by atoms with Crippen molar-refractivity contribution < 1.29 is 23.0 Å². The van der Waals surface area contributed by atoms with E-state index in [0.717, 1.165) is 6.20 Å². The second kappa shape index (κ2) is 7.09. The van der Waals surface area contributed by atoms with E-state index in [1.807, 2.05) is 0 Å². The van der Waals surface area contributed by atoms with Gasteiger partial charge in [-0.3, -0.25) is 20.2 Å². The molecule has 0 atom stereocenters. The molecule has 14 heteroatoms. The van der Waals surface area contributed by atoms with Crippen molar-refractivity contribution in [3.05, 3.63) is 59.2 Å². The van der Waals surface area contributed by atoms with Gasteiger partial charge in [-0.15, -0.1) is 0 Å². The van der Waals surface area contributed by atoms with E-state index in [0.29, 0.717) is 0 Å². The second-order valence-electron chi connectivity index (χ2n) is 4.60. The molecule has 0 bridgehead atoms. The molecule has 0 unspecified atom stereocenters. The van der Waals surface area contributed by atoms with Crippen LogP contribution < -0.4 is 5.32 Å². The summed E-state index contributed by atoms with van der Waals surface area (Å²) < 4.78 is 39.0. The van der Waals surface area contributed by atoms with Gasteiger partial charge in [-0.2, -0.15) is 13.2 Å². The minimum absolute atomic E-state index is 0.0848. The summed E-state index contributed by atoms with van der Waals surface area (Å²) in [7, 11) is 0. The Bertz CT molecular complexity index is 924. The van der Waals surface area contributed by atoms with E-state index in [1.54, 1.807) is 0 Å². The zero-order chi connectivity index (χ0) is 19.8. The van der Waals surface area contributed by atoms with Crippen LogP contribution in [0.15, 0.2) is 18.3 Å². The standard InChI is InChI=1S/C12H4Cl3F3N4O4/c13-4-1-6(14)11(19-3-4)20-9-7(21(23)24)2-5(12(16,17)18)8(15)10(9)22(25)26/h1-3H,(H,19,20). The molecule has 0 amide bonds. The molecule has 0 fully saturated rings. The van der Waals surface area contributed by atoms with Crippen LogP contribution in [0.2, 0.25) is 15.1 Å². The third-order valence-electron chi connectivity index (χ3n) is 2.95. The monoisotopic (exact) mass is 430 g/mol. The highest BCUT2D eigenvalue weighted by Crippen LogP contribution is 2.48. The van der Waals surface area contributed by atoms with Crippen LogP contribution in [-0.4, -0.2) is 14.8 Å². The number of pyridine rings is 1. The summed E-state index contributed by atoms with van der Waals surface area (Å²) in [4.78, 5) is 23.6. The summed E-state index contributed by atoms with van der Waals surface area (Å²) in [6, 6.07) is 1.25. The van der Waals surface area contributed by atoms with Crippen molar-refractivity contribution in [3.8, 4) is 0 Å². The topological polar surface area (TPSA) is 111 Å². The molecule has 0 aliphatic heterocycles. The number of benzene rings is 1. The molecule has 138 valence electrons. The van der Waals surface area contributed by atoms with Crippen LogP contribution in [0.5, 0.6) is 0 Å². The van der Waals surface area contributed by atoms with Gasteiger partial charge in [0.1, 0.15) is 10.8 Å². The van der Waals surface area contributed by atoms with Crippen molar-refractivity contribution in [2.24, 2.45) is 0 Å². The molecule has 1 aromatic carbocycles. The Morgan fingerprint density at radius 1 is 1.08 bits per heavy atom. The largest absolute Gasteiger partial charge is 0.418 e. The van der Waals surface area contributed by atoms with Crippen molar-refractivity contribution in [1.82, 2.24) is 4.98 Å². The number of halogens is 6. The van der Waals surface area contributed by atoms with E-state index in [4.69, 9.17) is 34.8 Å². The molecule has 0 saturated carbocycles. The minimum atomic E-state index is -5.15. The number of hydrogen-bond acceptors (Lipinski definition) is 6. The van der Waals surface area contributed by atoms with Crippen LogP contribution in [0.3, 0.4) is 0 Å². The van der Waals surface area contributed by atoms with E-state index in [9.17, 15) is 33.4 Å². The van der Waals surface area contributed by atoms with Gasteiger partial charge < -0.3 is 5.32 Å². The first-order valence-electron chi connectivity index (χ1n) is 6.24. The molecule has 8 nitrogen and oxygen atoms in total. The smallest absolute Gasteiger partial charge is 0.328 e. The Hall–Kier alpha value is -2.37. The molecule has 2 aromatic rings. The third-order valence-corrected chi connectivity index (χ3v) is 3.83. The number of rotatable bonds is 4. The molecule has 0 saturated heterocycles. The van der Waals surface area contributed by atoms with Gasteiger partial charge in [0.2, 0.25) is 0 Å². The molecule has 0 aliphatic carbocycles. The highest BCUT2D eigenvalue weighted by molar-refractivity contribution is 6.36. The van der Waals surface area contributed by atoms with Crippen LogP contribution >= 0.6 is 34.8 Å². The van der Waals surface area contributed by atoms with Crippen LogP contribution in [0.1, 0.15) is 5.56 Å². The fourth-order valence-corrected chi connectivity index (χ4v) is 2.65. The third kappa shape index (κ3) is 3.89. The van der Waals surface area contributed by atoms with Gasteiger partial charge in [-0.25, -0.2) is 4.98 Å². The van der Waals surface area contributed by atoms with E-state index in [2.05, 4.69) is 10.3 Å². The fourth-order valence-electron chi connectivity index (χ4n) is 1.90. The summed E-state index contributed by atoms with van der Waals surface area (Å²) in [6.45, 7) is 0. The average molecular weight is 432 g/mol. The Morgan fingerprint density at radius 2 is 1.69 bits per heavy atom. The summed E-state index contributed by atoms with van der Waals surface area (Å²) in [5, 5.41) is 23.2. The molecular weight excluding hydrogens is 428 g/mol. The number of hydrogen-bond donors (Lipinski definition) is 1. The average Bonchev–Trinajstić information content (AvgIpc) is 2.48. The minimum Gasteiger partial charge on any atom is -0.328 e. The number of nitrogens with one attached hydrogen (secondary N) is 1. The molecular formula is C12H4Cl3F3N4O4. The first-order valence-corrected chi connectivity index (χ1v) is 7.37. The number of anilines is 2. The molecule has 1 aromatic heterocycles. The number of aromatic nitrogens is 1. The lowest BCUT2D eigenvalue weighted by molar-refractivity contribution is -0.392. The van der Waals surface area contributed by atoms with Crippen molar-refractivity contribution >= 4 is 57.7 Å². The summed E-state index contributed by atoms with van der Waals surface area (Å²) in [5.74, 6) is -0.307. The quantitative estimate of drug-likeness (QED) is 0.497. The van der Waals surface area contributed by atoms with Crippen molar-refractivity contribution in [2.45, 2.75) is 6.18 Å². The van der Waals surface area contributed by atoms with E-state index >= 15 is 0 Å². The molecule has 0 aliphatic rings. The van der Waals surface area contributed by atoms with E-state index in [-0.39, 0.29) is 21.9 Å². The predicted molar refractivity (Wildman–Crippen MR) is 87.3 cm³/mol. The lowest BCUT2D eigenvalue weighted by Crippen LogP contribution is -2.11. The number of alkyl halides is 3. The van der Waals surface area contributed by atoms with Gasteiger partial charge in [0, 0.05) is 12.3 Å². The molecule has 0 spiro atoms. The highest BCUT2D eigenvalue weighted by atomic mass is 35.5. The first-order chi connectivity index (χ1) is 11.9. The Balaban J connectivity index is 2.80. The predicted octanol–water partition coefficient (Wildman–Crippen LogP) is 5.62. The SMILES string of the molecule is O=[N+]([O-])c1cc(C(F)(F)F)c(Cl)c([N+](=O)[O-])c1Nc1ncc(Cl)cc1Cl. The number of nitro benzene ring substituents is 2. The van der Waals surface area contributed by atoms with Gasteiger partial charge in [-0.1, -0.05) is 34.8 Å². The summed E-state index contributed by atoms with van der Waals surface area (Å²) in [6.07, 6.45) is -4.08. The molecule has 2 rings (SSSR count). The van der Waals surface area contributed by atoms with E-state index < -0.39 is 43.7 Å². The van der Waals surface area contributed by atoms with Gasteiger partial charge in [0.15, 0.2) is 5.69 Å². The van der Waals surface area contributed by atoms with Gasteiger partial charge in [0.05, 0.1) is 25.5 Å². The Morgan fingerprint density at radius 3 is 2.15 bits per heavy atom. The molecule has 26 heavy (non-hydrogen) atoms. The first kappa shape index (κ1) is 19.9. The van der Waals surface area contributed by atoms with Crippen LogP contribution in [0, 0.1) is 20.2 Å².